The van der Waals surface area contributed by atoms with Crippen LogP contribution in [0, 0.1) is 5.92 Å². The molecular weight excluding hydrogens is 322 g/mol. The summed E-state index contributed by atoms with van der Waals surface area (Å²) >= 11 is 3.34. The zero-order valence-electron chi connectivity index (χ0n) is 11.3. The molecule has 5 nitrogen and oxygen atoms in total. The van der Waals surface area contributed by atoms with Gasteiger partial charge in [-0.1, -0.05) is 15.9 Å². The Balaban J connectivity index is 2.26. The number of carbonyl (C=O) groups excluding carboxylic acids is 2. The van der Waals surface area contributed by atoms with E-state index in [4.69, 9.17) is 11.5 Å². The van der Waals surface area contributed by atoms with Crippen LogP contribution >= 0.6 is 15.9 Å². The summed E-state index contributed by atoms with van der Waals surface area (Å²) in [6.07, 6.45) is 1.50. The Labute approximate surface area is 126 Å². The summed E-state index contributed by atoms with van der Waals surface area (Å²) in [5, 5.41) is 0. The van der Waals surface area contributed by atoms with Gasteiger partial charge in [-0.2, -0.15) is 0 Å². The van der Waals surface area contributed by atoms with Gasteiger partial charge in [-0.3, -0.25) is 9.59 Å². The molecule has 0 aromatic heterocycles. The van der Waals surface area contributed by atoms with Gasteiger partial charge in [-0.05, 0) is 38.0 Å². The zero-order valence-corrected chi connectivity index (χ0v) is 12.9. The van der Waals surface area contributed by atoms with E-state index in [1.54, 1.807) is 23.1 Å². The van der Waals surface area contributed by atoms with Crippen LogP contribution in [0.4, 0.5) is 5.69 Å². The normalized spacial score (nSPS) is 22.6. The van der Waals surface area contributed by atoms with E-state index in [2.05, 4.69) is 15.9 Å². The second kappa shape index (κ2) is 5.83. The predicted octanol–water partition coefficient (Wildman–Crippen LogP) is 1.76. The highest BCUT2D eigenvalue weighted by atomic mass is 79.9. The Hall–Kier alpha value is -1.56. The fourth-order valence-corrected chi connectivity index (χ4v) is 2.85. The Bertz CT molecular complexity index is 547. The van der Waals surface area contributed by atoms with Crippen LogP contribution in [0.15, 0.2) is 22.7 Å². The smallest absolute Gasteiger partial charge is 0.256 e. The molecule has 2 unspecified atom stereocenters. The molecule has 1 aliphatic rings. The first kappa shape index (κ1) is 14.8. The van der Waals surface area contributed by atoms with E-state index in [1.165, 1.54) is 0 Å². The maximum absolute atomic E-state index is 12.6. The van der Waals surface area contributed by atoms with Crippen LogP contribution < -0.4 is 11.5 Å². The molecule has 0 radical (unpaired) electrons. The fraction of sp³-hybridized carbons (Fsp3) is 0.429. The summed E-state index contributed by atoms with van der Waals surface area (Å²) in [6.45, 7) is 2.34. The molecule has 1 heterocycles. The largest absolute Gasteiger partial charge is 0.398 e. The quantitative estimate of drug-likeness (QED) is 0.804. The third-order valence-electron chi connectivity index (χ3n) is 3.79. The third-order valence-corrected chi connectivity index (χ3v) is 4.28. The fourth-order valence-electron chi connectivity index (χ4n) is 2.49. The van der Waals surface area contributed by atoms with Gasteiger partial charge in [-0.15, -0.1) is 0 Å². The van der Waals surface area contributed by atoms with Gasteiger partial charge in [0, 0.05) is 22.7 Å². The number of piperidine rings is 1. The number of hydrogen-bond acceptors (Lipinski definition) is 3. The van der Waals surface area contributed by atoms with Crippen molar-refractivity contribution in [2.75, 3.05) is 12.3 Å². The highest BCUT2D eigenvalue weighted by molar-refractivity contribution is 9.10. The molecule has 1 fully saturated rings. The highest BCUT2D eigenvalue weighted by Gasteiger charge is 2.32. The molecule has 1 aromatic rings. The van der Waals surface area contributed by atoms with E-state index in [0.717, 1.165) is 17.3 Å². The van der Waals surface area contributed by atoms with E-state index in [0.29, 0.717) is 17.8 Å². The molecule has 4 N–H and O–H groups in total. The van der Waals surface area contributed by atoms with Gasteiger partial charge in [0.05, 0.1) is 11.5 Å². The van der Waals surface area contributed by atoms with Crippen LogP contribution in [0.25, 0.3) is 0 Å². The maximum Gasteiger partial charge on any atom is 0.256 e. The van der Waals surface area contributed by atoms with Gasteiger partial charge in [0.25, 0.3) is 5.91 Å². The zero-order chi connectivity index (χ0) is 14.9. The van der Waals surface area contributed by atoms with Gasteiger partial charge in [0.15, 0.2) is 0 Å². The number of benzene rings is 1. The van der Waals surface area contributed by atoms with Crippen LogP contribution in [0.3, 0.4) is 0 Å². The van der Waals surface area contributed by atoms with Crippen molar-refractivity contribution in [2.45, 2.75) is 25.8 Å². The van der Waals surface area contributed by atoms with Crippen LogP contribution in [-0.2, 0) is 4.79 Å². The molecule has 108 valence electrons. The molecule has 2 atom stereocenters. The second-order valence-corrected chi connectivity index (χ2v) is 6.13. The highest BCUT2D eigenvalue weighted by Crippen LogP contribution is 2.26. The van der Waals surface area contributed by atoms with Gasteiger partial charge in [-0.25, -0.2) is 0 Å². The number of nitrogens with two attached hydrogens (primary N) is 2. The summed E-state index contributed by atoms with van der Waals surface area (Å²) in [4.78, 5) is 25.7. The number of nitrogens with zero attached hydrogens (tertiary/aromatic N) is 1. The van der Waals surface area contributed by atoms with Crippen molar-refractivity contribution in [1.82, 2.24) is 4.90 Å². The number of hydrogen-bond donors (Lipinski definition) is 2. The van der Waals surface area contributed by atoms with Crippen molar-refractivity contribution in [1.29, 1.82) is 0 Å². The van der Waals surface area contributed by atoms with Crippen molar-refractivity contribution in [3.05, 3.63) is 28.2 Å². The molecule has 0 bridgehead atoms. The summed E-state index contributed by atoms with van der Waals surface area (Å²) in [6, 6.07) is 5.27. The van der Waals surface area contributed by atoms with E-state index in [9.17, 15) is 9.59 Å². The SMILES string of the molecule is CC1CCC(C(N)=O)CN1C(=O)c1cc(Br)ccc1N. The Morgan fingerprint density at radius 1 is 1.35 bits per heavy atom. The average molecular weight is 340 g/mol. The van der Waals surface area contributed by atoms with E-state index in [-0.39, 0.29) is 23.8 Å². The Kier molecular flexibility index (Phi) is 4.32. The lowest BCUT2D eigenvalue weighted by Gasteiger charge is -2.37. The van der Waals surface area contributed by atoms with Crippen molar-refractivity contribution in [3.8, 4) is 0 Å². The lowest BCUT2D eigenvalue weighted by Crippen LogP contribution is -2.48. The van der Waals surface area contributed by atoms with E-state index < -0.39 is 0 Å². The van der Waals surface area contributed by atoms with E-state index >= 15 is 0 Å². The van der Waals surface area contributed by atoms with Gasteiger partial charge >= 0.3 is 0 Å². The third kappa shape index (κ3) is 2.95. The number of likely N-dealkylation sites (tertiary alicyclic amines) is 1. The molecule has 0 spiro atoms. The predicted molar refractivity (Wildman–Crippen MR) is 81.0 cm³/mol. The van der Waals surface area contributed by atoms with Gasteiger partial charge in [0.2, 0.25) is 5.91 Å². The minimum Gasteiger partial charge on any atom is -0.398 e. The Morgan fingerprint density at radius 2 is 2.05 bits per heavy atom. The first-order chi connectivity index (χ1) is 9.40. The number of halogens is 1. The molecule has 2 amide bonds. The van der Waals surface area contributed by atoms with Crippen molar-refractivity contribution in [3.63, 3.8) is 0 Å². The summed E-state index contributed by atoms with van der Waals surface area (Å²) in [5.41, 5.74) is 12.1. The molecular formula is C14H18BrN3O2. The maximum atomic E-state index is 12.6. The number of amides is 2. The summed E-state index contributed by atoms with van der Waals surface area (Å²) in [7, 11) is 0. The minimum atomic E-state index is -0.350. The second-order valence-electron chi connectivity index (χ2n) is 5.21. The summed E-state index contributed by atoms with van der Waals surface area (Å²) < 4.78 is 0.797. The number of primary amides is 1. The topological polar surface area (TPSA) is 89.4 Å². The first-order valence-corrected chi connectivity index (χ1v) is 7.34. The lowest BCUT2D eigenvalue weighted by molar-refractivity contribution is -0.123. The number of rotatable bonds is 2. The van der Waals surface area contributed by atoms with E-state index in [1.807, 2.05) is 6.92 Å². The van der Waals surface area contributed by atoms with Crippen LogP contribution in [-0.4, -0.2) is 29.3 Å². The lowest BCUT2D eigenvalue weighted by atomic mass is 9.92. The van der Waals surface area contributed by atoms with Crippen molar-refractivity contribution in [2.24, 2.45) is 11.7 Å². The van der Waals surface area contributed by atoms with Crippen LogP contribution in [0.1, 0.15) is 30.1 Å². The first-order valence-electron chi connectivity index (χ1n) is 6.55. The molecule has 0 aliphatic carbocycles. The van der Waals surface area contributed by atoms with Crippen molar-refractivity contribution >= 4 is 33.4 Å². The standard InChI is InChI=1S/C14H18BrN3O2/c1-8-2-3-9(13(17)19)7-18(8)14(20)11-6-10(15)4-5-12(11)16/h4-6,8-9H,2-3,7,16H2,1H3,(H2,17,19). The number of carbonyl (C=O) groups is 2. The monoisotopic (exact) mass is 339 g/mol. The molecule has 20 heavy (non-hydrogen) atoms. The van der Waals surface area contributed by atoms with Crippen molar-refractivity contribution < 1.29 is 9.59 Å². The molecule has 2 rings (SSSR count). The molecule has 1 aliphatic heterocycles. The molecule has 6 heteroatoms. The molecule has 1 saturated heterocycles. The van der Waals surface area contributed by atoms with Crippen LogP contribution in [0.2, 0.25) is 0 Å². The summed E-state index contributed by atoms with van der Waals surface area (Å²) in [5.74, 6) is -0.775. The van der Waals surface area contributed by atoms with Gasteiger partial charge < -0.3 is 16.4 Å². The van der Waals surface area contributed by atoms with Gasteiger partial charge in [0.1, 0.15) is 0 Å². The molecule has 0 saturated carbocycles. The minimum absolute atomic E-state index is 0.0801. The number of anilines is 1. The Morgan fingerprint density at radius 3 is 2.70 bits per heavy atom. The van der Waals surface area contributed by atoms with Crippen LogP contribution in [0.5, 0.6) is 0 Å². The number of nitrogen functional groups attached to an aromatic ring is 1. The average Bonchev–Trinajstić information content (AvgIpc) is 2.41. The molecule has 1 aromatic carbocycles.